The lowest BCUT2D eigenvalue weighted by molar-refractivity contribution is -0.116. The number of terminal acetylenes is 1. The molecule has 4 aliphatic rings. The highest BCUT2D eigenvalue weighted by atomic mass is 16.3. The van der Waals surface area contributed by atoms with Gasteiger partial charge in [-0.2, -0.15) is 0 Å². The summed E-state index contributed by atoms with van der Waals surface area (Å²) in [6.07, 6.45) is 18.8. The minimum absolute atomic E-state index is 0.172. The van der Waals surface area contributed by atoms with Crippen LogP contribution < -0.4 is 0 Å². The second-order valence-electron chi connectivity index (χ2n) is 8.04. The van der Waals surface area contributed by atoms with Crippen molar-refractivity contribution in [3.8, 4) is 12.3 Å². The molecule has 4 aliphatic carbocycles. The summed E-state index contributed by atoms with van der Waals surface area (Å²) in [7, 11) is 0. The Kier molecular flexibility index (Phi) is 3.36. The van der Waals surface area contributed by atoms with Gasteiger partial charge in [0.05, 0.1) is 0 Å². The summed E-state index contributed by atoms with van der Waals surface area (Å²) >= 11 is 0. The third-order valence-corrected chi connectivity index (χ3v) is 7.54. The van der Waals surface area contributed by atoms with Gasteiger partial charge >= 0.3 is 0 Å². The first kappa shape index (κ1) is 15.2. The van der Waals surface area contributed by atoms with Crippen LogP contribution >= 0.6 is 0 Å². The number of fused-ring (bicyclic) bond motifs is 5. The predicted octanol–water partition coefficient (Wildman–Crippen LogP) is 3.66. The molecule has 23 heavy (non-hydrogen) atoms. The van der Waals surface area contributed by atoms with E-state index in [9.17, 15) is 9.90 Å². The molecule has 6 atom stereocenters. The number of carbonyl (C=O) groups excluding carboxylic acids is 1. The number of rotatable bonds is 1. The molecule has 0 spiro atoms. The van der Waals surface area contributed by atoms with E-state index in [2.05, 4.69) is 18.9 Å². The van der Waals surface area contributed by atoms with E-state index in [1.54, 1.807) is 0 Å². The third kappa shape index (κ3) is 1.89. The summed E-state index contributed by atoms with van der Waals surface area (Å²) in [5.74, 6) is 5.28. The van der Waals surface area contributed by atoms with Crippen molar-refractivity contribution >= 4 is 5.78 Å². The molecule has 0 aromatic rings. The highest BCUT2D eigenvalue weighted by molar-refractivity contribution is 5.91. The minimum Gasteiger partial charge on any atom is -0.373 e. The van der Waals surface area contributed by atoms with Crippen molar-refractivity contribution in [1.82, 2.24) is 0 Å². The van der Waals surface area contributed by atoms with Crippen LogP contribution in [-0.2, 0) is 4.79 Å². The van der Waals surface area contributed by atoms with E-state index in [0.717, 1.165) is 38.5 Å². The fourth-order valence-corrected chi connectivity index (χ4v) is 6.38. The van der Waals surface area contributed by atoms with Gasteiger partial charge in [-0.1, -0.05) is 24.5 Å². The standard InChI is InChI=1S/C21H26O2/c1-3-20-11-9-17-16-8-6-15(22)13-14(16)5-7-18(17)19(20)10-12-21(20,23)4-2/h2,10,12-13,16-19,23H,3,5-9,11H2,1H3/t16-,17-,18+,19+,20+,21-/m0/s1. The van der Waals surface area contributed by atoms with Crippen LogP contribution in [0.25, 0.3) is 0 Å². The molecular weight excluding hydrogens is 284 g/mol. The normalized spacial score (nSPS) is 48.0. The Bertz CT molecular complexity index is 637. The van der Waals surface area contributed by atoms with Crippen LogP contribution in [0.3, 0.4) is 0 Å². The molecule has 0 aromatic carbocycles. The summed E-state index contributed by atoms with van der Waals surface area (Å²) in [6.45, 7) is 2.18. The Hall–Kier alpha value is -1.33. The van der Waals surface area contributed by atoms with Gasteiger partial charge in [-0.25, -0.2) is 0 Å². The molecule has 0 aromatic heterocycles. The Balaban J connectivity index is 1.69. The molecule has 2 fully saturated rings. The summed E-state index contributed by atoms with van der Waals surface area (Å²) in [5.41, 5.74) is 0.158. The predicted molar refractivity (Wildman–Crippen MR) is 90.4 cm³/mol. The maximum atomic E-state index is 11.7. The summed E-state index contributed by atoms with van der Waals surface area (Å²) in [5, 5.41) is 11.0. The van der Waals surface area contributed by atoms with E-state index in [0.29, 0.717) is 35.9 Å². The maximum Gasteiger partial charge on any atom is 0.155 e. The highest BCUT2D eigenvalue weighted by Gasteiger charge is 2.61. The lowest BCUT2D eigenvalue weighted by Gasteiger charge is -2.55. The van der Waals surface area contributed by atoms with Gasteiger partial charge in [0.1, 0.15) is 5.60 Å². The lowest BCUT2D eigenvalue weighted by atomic mass is 9.49. The monoisotopic (exact) mass is 310 g/mol. The van der Waals surface area contributed by atoms with Gasteiger partial charge in [-0.15, -0.1) is 6.42 Å². The Morgan fingerprint density at radius 1 is 1.30 bits per heavy atom. The van der Waals surface area contributed by atoms with Crippen molar-refractivity contribution in [2.75, 3.05) is 0 Å². The van der Waals surface area contributed by atoms with Gasteiger partial charge in [-0.3, -0.25) is 4.79 Å². The molecule has 0 aliphatic heterocycles. The summed E-state index contributed by atoms with van der Waals surface area (Å²) in [4.78, 5) is 11.7. The SMILES string of the molecule is C#C[C@]1(O)C=C[C@@H]2[C@@H]3CCC4=CC(=O)CC[C@@H]4[C@@H]3CC[C@]21CC. The van der Waals surface area contributed by atoms with Crippen LogP contribution in [0.15, 0.2) is 23.8 Å². The quantitative estimate of drug-likeness (QED) is 0.593. The Morgan fingerprint density at radius 2 is 2.13 bits per heavy atom. The molecule has 0 unspecified atom stereocenters. The Labute approximate surface area is 139 Å². The van der Waals surface area contributed by atoms with Crippen molar-refractivity contribution in [2.45, 2.75) is 57.5 Å². The van der Waals surface area contributed by atoms with Gasteiger partial charge in [-0.05, 0) is 74.3 Å². The molecule has 0 amide bonds. The van der Waals surface area contributed by atoms with Crippen LogP contribution in [0.4, 0.5) is 0 Å². The molecule has 2 heteroatoms. The molecule has 2 saturated carbocycles. The van der Waals surface area contributed by atoms with Gasteiger partial charge in [0.15, 0.2) is 5.78 Å². The van der Waals surface area contributed by atoms with Crippen LogP contribution in [0.2, 0.25) is 0 Å². The average Bonchev–Trinajstić information content (AvgIpc) is 2.88. The van der Waals surface area contributed by atoms with Crippen molar-refractivity contribution < 1.29 is 9.90 Å². The zero-order chi connectivity index (χ0) is 16.2. The van der Waals surface area contributed by atoms with E-state index in [1.807, 2.05) is 12.2 Å². The third-order valence-electron chi connectivity index (χ3n) is 7.54. The second kappa shape index (κ2) is 5.08. The molecule has 4 rings (SSSR count). The van der Waals surface area contributed by atoms with Gasteiger partial charge in [0.2, 0.25) is 0 Å². The number of hydrogen-bond donors (Lipinski definition) is 1. The number of carbonyl (C=O) groups is 1. The van der Waals surface area contributed by atoms with E-state index < -0.39 is 5.60 Å². The first-order valence-corrected chi connectivity index (χ1v) is 9.17. The first-order chi connectivity index (χ1) is 11.0. The van der Waals surface area contributed by atoms with Crippen molar-refractivity contribution in [2.24, 2.45) is 29.1 Å². The zero-order valence-corrected chi connectivity index (χ0v) is 13.9. The van der Waals surface area contributed by atoms with E-state index >= 15 is 0 Å². The van der Waals surface area contributed by atoms with Crippen LogP contribution in [0.1, 0.15) is 51.9 Å². The van der Waals surface area contributed by atoms with Gasteiger partial charge in [0.25, 0.3) is 0 Å². The second-order valence-corrected chi connectivity index (χ2v) is 8.04. The maximum absolute atomic E-state index is 11.7. The first-order valence-electron chi connectivity index (χ1n) is 9.17. The average molecular weight is 310 g/mol. The number of hydrogen-bond acceptors (Lipinski definition) is 2. The van der Waals surface area contributed by atoms with Crippen LogP contribution in [0.5, 0.6) is 0 Å². The fourth-order valence-electron chi connectivity index (χ4n) is 6.38. The lowest BCUT2D eigenvalue weighted by Crippen LogP contribution is -2.54. The Morgan fingerprint density at radius 3 is 2.87 bits per heavy atom. The van der Waals surface area contributed by atoms with Gasteiger partial charge < -0.3 is 5.11 Å². The summed E-state index contributed by atoms with van der Waals surface area (Å²) in [6, 6.07) is 0. The molecule has 2 nitrogen and oxygen atoms in total. The van der Waals surface area contributed by atoms with Crippen molar-refractivity contribution in [3.05, 3.63) is 23.8 Å². The van der Waals surface area contributed by atoms with Gasteiger partial charge in [0, 0.05) is 11.8 Å². The molecule has 1 N–H and O–H groups in total. The number of aliphatic hydroxyl groups is 1. The van der Waals surface area contributed by atoms with Crippen LogP contribution in [-0.4, -0.2) is 16.5 Å². The van der Waals surface area contributed by atoms with E-state index in [-0.39, 0.29) is 5.41 Å². The highest BCUT2D eigenvalue weighted by Crippen LogP contribution is 2.63. The molecule has 0 saturated heterocycles. The molecular formula is C21H26O2. The van der Waals surface area contributed by atoms with E-state index in [4.69, 9.17) is 6.42 Å². The fraction of sp³-hybridized carbons (Fsp3) is 0.667. The molecule has 0 radical (unpaired) electrons. The van der Waals surface area contributed by atoms with Crippen molar-refractivity contribution in [1.29, 1.82) is 0 Å². The molecule has 0 bridgehead atoms. The minimum atomic E-state index is -1.07. The number of ketones is 1. The smallest absolute Gasteiger partial charge is 0.155 e. The largest absolute Gasteiger partial charge is 0.373 e. The van der Waals surface area contributed by atoms with Crippen LogP contribution in [0, 0.1) is 41.4 Å². The molecule has 0 heterocycles. The topological polar surface area (TPSA) is 37.3 Å². The summed E-state index contributed by atoms with van der Waals surface area (Å²) < 4.78 is 0. The molecule has 122 valence electrons. The zero-order valence-electron chi connectivity index (χ0n) is 13.9. The van der Waals surface area contributed by atoms with E-state index in [1.165, 1.54) is 5.57 Å². The van der Waals surface area contributed by atoms with Crippen molar-refractivity contribution in [3.63, 3.8) is 0 Å². The number of allylic oxidation sites excluding steroid dienone is 3.